The third kappa shape index (κ3) is 4.66. The standard InChI is InChI=1S/C30H36N4O4/c1-21-9-11-23(12-10-21)31-14-16-32(17-15-31)28(35)22-5-3-13-33(19-22)26-8-2-7-25-27(26)30(37)34(29(25)36)20-24-6-4-18-38-24/h2,7-12,22,24H,3-6,13-20H2,1H3/t22-,24+/m1/s1. The van der Waals surface area contributed by atoms with Gasteiger partial charge in [-0.15, -0.1) is 0 Å². The van der Waals surface area contributed by atoms with E-state index in [1.807, 2.05) is 17.0 Å². The number of imide groups is 1. The van der Waals surface area contributed by atoms with Crippen LogP contribution in [0.3, 0.4) is 0 Å². The van der Waals surface area contributed by atoms with Crippen LogP contribution in [0.5, 0.6) is 0 Å². The summed E-state index contributed by atoms with van der Waals surface area (Å²) < 4.78 is 5.69. The Morgan fingerprint density at radius 3 is 2.42 bits per heavy atom. The number of aryl methyl sites for hydroxylation is 1. The summed E-state index contributed by atoms with van der Waals surface area (Å²) in [4.78, 5) is 47.9. The van der Waals surface area contributed by atoms with Crippen molar-refractivity contribution < 1.29 is 19.1 Å². The van der Waals surface area contributed by atoms with Crippen LogP contribution in [0.25, 0.3) is 0 Å². The zero-order chi connectivity index (χ0) is 26.2. The van der Waals surface area contributed by atoms with Gasteiger partial charge in [0.2, 0.25) is 5.91 Å². The van der Waals surface area contributed by atoms with E-state index in [-0.39, 0.29) is 29.7 Å². The number of amides is 3. The molecule has 8 nitrogen and oxygen atoms in total. The molecule has 3 saturated heterocycles. The summed E-state index contributed by atoms with van der Waals surface area (Å²) in [6, 6.07) is 14.1. The molecule has 3 fully saturated rings. The van der Waals surface area contributed by atoms with Crippen LogP contribution in [-0.2, 0) is 9.53 Å². The molecule has 4 aliphatic heterocycles. The van der Waals surface area contributed by atoms with Gasteiger partial charge in [-0.05, 0) is 56.9 Å². The maximum Gasteiger partial charge on any atom is 0.263 e. The first kappa shape index (κ1) is 24.9. The smallest absolute Gasteiger partial charge is 0.263 e. The average Bonchev–Trinajstić information content (AvgIpc) is 3.56. The maximum absolute atomic E-state index is 13.6. The minimum atomic E-state index is -0.239. The van der Waals surface area contributed by atoms with Crippen LogP contribution in [0, 0.1) is 12.8 Å². The number of carbonyl (C=O) groups is 3. The second-order valence-corrected chi connectivity index (χ2v) is 11.0. The second kappa shape index (κ2) is 10.4. The Morgan fingerprint density at radius 1 is 0.895 bits per heavy atom. The van der Waals surface area contributed by atoms with E-state index < -0.39 is 0 Å². The van der Waals surface area contributed by atoms with E-state index in [1.165, 1.54) is 16.2 Å². The Bertz CT molecular complexity index is 1220. The van der Waals surface area contributed by atoms with Crippen molar-refractivity contribution in [2.45, 2.75) is 38.7 Å². The zero-order valence-electron chi connectivity index (χ0n) is 22.1. The van der Waals surface area contributed by atoms with E-state index in [9.17, 15) is 14.4 Å². The van der Waals surface area contributed by atoms with Crippen molar-refractivity contribution in [2.75, 3.05) is 62.2 Å². The Kier molecular flexibility index (Phi) is 6.82. The number of hydrogen-bond acceptors (Lipinski definition) is 6. The number of carbonyl (C=O) groups excluding carboxylic acids is 3. The molecule has 38 heavy (non-hydrogen) atoms. The van der Waals surface area contributed by atoms with E-state index in [0.29, 0.717) is 30.8 Å². The molecule has 2 aromatic carbocycles. The molecule has 0 bridgehead atoms. The van der Waals surface area contributed by atoms with E-state index in [4.69, 9.17) is 4.74 Å². The zero-order valence-corrected chi connectivity index (χ0v) is 22.1. The molecule has 0 N–H and O–H groups in total. The molecule has 3 amide bonds. The van der Waals surface area contributed by atoms with Gasteiger partial charge in [-0.2, -0.15) is 0 Å². The SMILES string of the molecule is Cc1ccc(N2CCN(C(=O)[C@@H]3CCCN(c4cccc5c4C(=O)N(C[C@@H]4CCCO4)C5=O)C3)CC2)cc1. The van der Waals surface area contributed by atoms with E-state index >= 15 is 0 Å². The third-order valence-electron chi connectivity index (χ3n) is 8.49. The van der Waals surface area contributed by atoms with Gasteiger partial charge in [-0.1, -0.05) is 23.8 Å². The molecule has 0 radical (unpaired) electrons. The molecule has 6 rings (SSSR count). The van der Waals surface area contributed by atoms with E-state index in [1.54, 1.807) is 6.07 Å². The first-order valence-corrected chi connectivity index (χ1v) is 14.0. The maximum atomic E-state index is 13.6. The lowest BCUT2D eigenvalue weighted by atomic mass is 9.94. The average molecular weight is 517 g/mol. The molecule has 2 aromatic rings. The molecule has 0 unspecified atom stereocenters. The summed E-state index contributed by atoms with van der Waals surface area (Å²) in [5, 5.41) is 0. The highest BCUT2D eigenvalue weighted by Gasteiger charge is 2.41. The number of piperazine rings is 1. The number of rotatable bonds is 5. The molecule has 0 spiro atoms. The molecule has 2 atom stereocenters. The van der Waals surface area contributed by atoms with Gasteiger partial charge in [0.15, 0.2) is 0 Å². The van der Waals surface area contributed by atoms with Crippen LogP contribution in [0.15, 0.2) is 42.5 Å². The lowest BCUT2D eigenvalue weighted by molar-refractivity contribution is -0.136. The Hall–Kier alpha value is -3.39. The molecule has 4 heterocycles. The predicted octanol–water partition coefficient (Wildman–Crippen LogP) is 3.34. The van der Waals surface area contributed by atoms with Crippen molar-refractivity contribution in [3.8, 4) is 0 Å². The fourth-order valence-corrected chi connectivity index (χ4v) is 6.33. The molecule has 4 aliphatic rings. The van der Waals surface area contributed by atoms with Crippen molar-refractivity contribution in [3.63, 3.8) is 0 Å². The normalized spacial score (nSPS) is 23.8. The fourth-order valence-electron chi connectivity index (χ4n) is 6.33. The first-order chi connectivity index (χ1) is 18.5. The van der Waals surface area contributed by atoms with Crippen LogP contribution < -0.4 is 9.80 Å². The quantitative estimate of drug-likeness (QED) is 0.568. The van der Waals surface area contributed by atoms with Gasteiger partial charge in [-0.3, -0.25) is 19.3 Å². The highest BCUT2D eigenvalue weighted by Crippen LogP contribution is 2.35. The van der Waals surface area contributed by atoms with Gasteiger partial charge >= 0.3 is 0 Å². The van der Waals surface area contributed by atoms with Crippen molar-refractivity contribution in [1.82, 2.24) is 9.80 Å². The minimum absolute atomic E-state index is 0.0795. The topological polar surface area (TPSA) is 73.4 Å². The Balaban J connectivity index is 1.12. The summed E-state index contributed by atoms with van der Waals surface area (Å²) in [5.41, 5.74) is 4.17. The van der Waals surface area contributed by atoms with Gasteiger partial charge in [0, 0.05) is 51.6 Å². The summed E-state index contributed by atoms with van der Waals surface area (Å²) in [7, 11) is 0. The second-order valence-electron chi connectivity index (χ2n) is 11.0. The number of nitrogens with zero attached hydrogens (tertiary/aromatic N) is 4. The molecule has 200 valence electrons. The lowest BCUT2D eigenvalue weighted by Gasteiger charge is -2.40. The highest BCUT2D eigenvalue weighted by molar-refractivity contribution is 6.23. The summed E-state index contributed by atoms with van der Waals surface area (Å²) >= 11 is 0. The van der Waals surface area contributed by atoms with Gasteiger partial charge in [0.05, 0.1) is 35.4 Å². The number of piperidine rings is 1. The van der Waals surface area contributed by atoms with Crippen molar-refractivity contribution in [3.05, 3.63) is 59.2 Å². The molecule has 0 aliphatic carbocycles. The monoisotopic (exact) mass is 516 g/mol. The number of hydrogen-bond donors (Lipinski definition) is 0. The predicted molar refractivity (Wildman–Crippen MR) is 146 cm³/mol. The Morgan fingerprint density at radius 2 is 1.68 bits per heavy atom. The summed E-state index contributed by atoms with van der Waals surface area (Å²) in [6.07, 6.45) is 3.48. The largest absolute Gasteiger partial charge is 0.376 e. The highest BCUT2D eigenvalue weighted by atomic mass is 16.5. The fraction of sp³-hybridized carbons (Fsp3) is 0.500. The summed E-state index contributed by atoms with van der Waals surface area (Å²) in [5.74, 6) is -0.385. The molecular formula is C30H36N4O4. The minimum Gasteiger partial charge on any atom is -0.376 e. The van der Waals surface area contributed by atoms with Crippen LogP contribution in [0.4, 0.5) is 11.4 Å². The van der Waals surface area contributed by atoms with Gasteiger partial charge in [-0.25, -0.2) is 0 Å². The summed E-state index contributed by atoms with van der Waals surface area (Å²) in [6.45, 7) is 7.51. The third-order valence-corrected chi connectivity index (χ3v) is 8.49. The van der Waals surface area contributed by atoms with Crippen molar-refractivity contribution in [1.29, 1.82) is 0 Å². The van der Waals surface area contributed by atoms with Crippen LogP contribution in [-0.4, -0.2) is 86.0 Å². The van der Waals surface area contributed by atoms with Crippen LogP contribution in [0.2, 0.25) is 0 Å². The number of anilines is 2. The van der Waals surface area contributed by atoms with Crippen molar-refractivity contribution in [2.24, 2.45) is 5.92 Å². The Labute approximate surface area is 224 Å². The first-order valence-electron chi connectivity index (χ1n) is 14.0. The lowest BCUT2D eigenvalue weighted by Crippen LogP contribution is -2.52. The number of ether oxygens (including phenoxy) is 1. The molecule has 0 saturated carbocycles. The van der Waals surface area contributed by atoms with Gasteiger partial charge < -0.3 is 19.4 Å². The molecule has 0 aromatic heterocycles. The van der Waals surface area contributed by atoms with Crippen LogP contribution >= 0.6 is 0 Å². The molecular weight excluding hydrogens is 480 g/mol. The van der Waals surface area contributed by atoms with Crippen LogP contribution in [0.1, 0.15) is 52.0 Å². The number of fused-ring (bicyclic) bond motifs is 1. The van der Waals surface area contributed by atoms with E-state index in [0.717, 1.165) is 64.1 Å². The van der Waals surface area contributed by atoms with E-state index in [2.05, 4.69) is 41.0 Å². The van der Waals surface area contributed by atoms with Gasteiger partial charge in [0.1, 0.15) is 0 Å². The molecule has 8 heteroatoms. The van der Waals surface area contributed by atoms with Gasteiger partial charge in [0.25, 0.3) is 11.8 Å². The number of benzene rings is 2. The van der Waals surface area contributed by atoms with Crippen molar-refractivity contribution >= 4 is 29.1 Å².